The maximum atomic E-state index is 11.3. The van der Waals surface area contributed by atoms with E-state index >= 15 is 0 Å². The zero-order valence-corrected chi connectivity index (χ0v) is 13.7. The van der Waals surface area contributed by atoms with Crippen LogP contribution in [0, 0.1) is 0 Å². The molecule has 0 spiro atoms. The van der Waals surface area contributed by atoms with Gasteiger partial charge in [0.25, 0.3) is 0 Å². The largest absolute Gasteiger partial charge is 0.366 e. The number of aromatic nitrogens is 1. The summed E-state index contributed by atoms with van der Waals surface area (Å²) in [5.41, 5.74) is 9.45. The van der Waals surface area contributed by atoms with Crippen LogP contribution >= 0.6 is 15.9 Å². The zero-order chi connectivity index (χ0) is 16.2. The van der Waals surface area contributed by atoms with E-state index in [1.165, 1.54) is 0 Å². The highest BCUT2D eigenvalue weighted by molar-refractivity contribution is 9.10. The van der Waals surface area contributed by atoms with Gasteiger partial charge >= 0.3 is 0 Å². The number of hydrogen-bond acceptors (Lipinski definition) is 3. The van der Waals surface area contributed by atoms with Crippen LogP contribution in [0.2, 0.25) is 0 Å². The molecule has 3 rings (SSSR count). The molecular formula is C18H14BrN3O. The molecule has 1 amide bonds. The van der Waals surface area contributed by atoms with Crippen LogP contribution in [0.4, 0.5) is 11.4 Å². The van der Waals surface area contributed by atoms with E-state index in [0.717, 1.165) is 27.0 Å². The maximum absolute atomic E-state index is 11.3. The highest BCUT2D eigenvalue weighted by atomic mass is 79.9. The highest BCUT2D eigenvalue weighted by Crippen LogP contribution is 2.25. The van der Waals surface area contributed by atoms with Crippen molar-refractivity contribution in [3.8, 4) is 11.1 Å². The molecule has 1 heterocycles. The van der Waals surface area contributed by atoms with Gasteiger partial charge in [0.1, 0.15) is 0 Å². The molecule has 0 atom stereocenters. The van der Waals surface area contributed by atoms with Gasteiger partial charge in [0.2, 0.25) is 5.91 Å². The van der Waals surface area contributed by atoms with Gasteiger partial charge in [-0.05, 0) is 42.0 Å². The normalized spacial score (nSPS) is 10.3. The predicted molar refractivity (Wildman–Crippen MR) is 95.6 cm³/mol. The number of hydrogen-bond donors (Lipinski definition) is 2. The van der Waals surface area contributed by atoms with Crippen molar-refractivity contribution in [3.63, 3.8) is 0 Å². The fourth-order valence-electron chi connectivity index (χ4n) is 2.25. The summed E-state index contributed by atoms with van der Waals surface area (Å²) < 4.78 is 1.00. The summed E-state index contributed by atoms with van der Waals surface area (Å²) in [6.07, 6.45) is 3.51. The van der Waals surface area contributed by atoms with Crippen LogP contribution in [0.15, 0.2) is 71.5 Å². The van der Waals surface area contributed by atoms with Gasteiger partial charge in [-0.3, -0.25) is 9.78 Å². The second-order valence-corrected chi connectivity index (χ2v) is 5.96. The first-order chi connectivity index (χ1) is 11.1. The van der Waals surface area contributed by atoms with E-state index in [2.05, 4.69) is 26.2 Å². The second kappa shape index (κ2) is 6.62. The van der Waals surface area contributed by atoms with Gasteiger partial charge in [0.05, 0.1) is 11.9 Å². The molecular weight excluding hydrogens is 354 g/mol. The second-order valence-electron chi connectivity index (χ2n) is 5.04. The van der Waals surface area contributed by atoms with Gasteiger partial charge in [0, 0.05) is 27.5 Å². The third-order valence-corrected chi connectivity index (χ3v) is 3.83. The molecule has 0 aliphatic rings. The van der Waals surface area contributed by atoms with Crippen molar-refractivity contribution in [3.05, 3.63) is 77.0 Å². The number of nitrogens with zero attached hydrogens (tertiary/aromatic N) is 1. The fraction of sp³-hybridized carbons (Fsp3) is 0. The number of nitrogens with two attached hydrogens (primary N) is 1. The number of rotatable bonds is 4. The Labute approximate surface area is 142 Å². The predicted octanol–water partition coefficient (Wildman–Crippen LogP) is 4.35. The van der Waals surface area contributed by atoms with Crippen molar-refractivity contribution in [2.24, 2.45) is 5.73 Å². The lowest BCUT2D eigenvalue weighted by molar-refractivity contribution is 0.100. The number of nitrogens with one attached hydrogen (secondary N) is 1. The SMILES string of the molecule is NC(=O)c1cccc(-c2cncc(Nc3cccc(Br)c3)c2)c1. The third kappa shape index (κ3) is 3.76. The summed E-state index contributed by atoms with van der Waals surface area (Å²) in [7, 11) is 0. The van der Waals surface area contributed by atoms with Crippen LogP contribution < -0.4 is 11.1 Å². The van der Waals surface area contributed by atoms with Crippen LogP contribution in [0.25, 0.3) is 11.1 Å². The number of anilines is 2. The number of carbonyl (C=O) groups excluding carboxylic acids is 1. The molecule has 0 radical (unpaired) electrons. The van der Waals surface area contributed by atoms with Gasteiger partial charge in [-0.15, -0.1) is 0 Å². The zero-order valence-electron chi connectivity index (χ0n) is 12.2. The Morgan fingerprint density at radius 1 is 0.957 bits per heavy atom. The molecule has 0 saturated carbocycles. The molecule has 2 aromatic carbocycles. The minimum absolute atomic E-state index is 0.441. The Balaban J connectivity index is 1.91. The molecule has 23 heavy (non-hydrogen) atoms. The van der Waals surface area contributed by atoms with Crippen molar-refractivity contribution >= 4 is 33.2 Å². The lowest BCUT2D eigenvalue weighted by Crippen LogP contribution is -2.10. The summed E-state index contributed by atoms with van der Waals surface area (Å²) in [6, 6.07) is 17.1. The van der Waals surface area contributed by atoms with Crippen LogP contribution in [-0.4, -0.2) is 10.9 Å². The van der Waals surface area contributed by atoms with Crippen LogP contribution in [0.1, 0.15) is 10.4 Å². The number of pyridine rings is 1. The van der Waals surface area contributed by atoms with Crippen LogP contribution in [0.5, 0.6) is 0 Å². The van der Waals surface area contributed by atoms with Gasteiger partial charge in [-0.2, -0.15) is 0 Å². The van der Waals surface area contributed by atoms with Gasteiger partial charge < -0.3 is 11.1 Å². The van der Waals surface area contributed by atoms with E-state index in [4.69, 9.17) is 5.73 Å². The van der Waals surface area contributed by atoms with Crippen LogP contribution in [0.3, 0.4) is 0 Å². The molecule has 0 aliphatic carbocycles. The van der Waals surface area contributed by atoms with E-state index in [1.807, 2.05) is 42.5 Å². The minimum atomic E-state index is -0.441. The Kier molecular flexibility index (Phi) is 4.39. The standard InChI is InChI=1S/C18H14BrN3O/c19-15-5-2-6-16(9-15)22-17-8-14(10-21-11-17)12-3-1-4-13(7-12)18(20)23/h1-11,22H,(H2,20,23). The lowest BCUT2D eigenvalue weighted by Gasteiger charge is -2.09. The van der Waals surface area contributed by atoms with E-state index in [9.17, 15) is 4.79 Å². The molecule has 1 aromatic heterocycles. The molecule has 0 unspecified atom stereocenters. The number of benzene rings is 2. The molecule has 114 valence electrons. The van der Waals surface area contributed by atoms with Crippen molar-refractivity contribution in [2.45, 2.75) is 0 Å². The average molecular weight is 368 g/mol. The molecule has 3 N–H and O–H groups in total. The van der Waals surface area contributed by atoms with E-state index in [-0.39, 0.29) is 0 Å². The fourth-order valence-corrected chi connectivity index (χ4v) is 2.65. The number of halogens is 1. The molecule has 0 fully saturated rings. The van der Waals surface area contributed by atoms with Crippen molar-refractivity contribution < 1.29 is 4.79 Å². The summed E-state index contributed by atoms with van der Waals surface area (Å²) >= 11 is 3.45. The molecule has 0 aliphatic heterocycles. The lowest BCUT2D eigenvalue weighted by atomic mass is 10.0. The van der Waals surface area contributed by atoms with Gasteiger partial charge in [0.15, 0.2) is 0 Å². The summed E-state index contributed by atoms with van der Waals surface area (Å²) in [6.45, 7) is 0. The first-order valence-corrected chi connectivity index (χ1v) is 7.79. The summed E-state index contributed by atoms with van der Waals surface area (Å²) in [5, 5.41) is 3.31. The number of carbonyl (C=O) groups is 1. The number of amides is 1. The quantitative estimate of drug-likeness (QED) is 0.719. The Morgan fingerprint density at radius 3 is 2.57 bits per heavy atom. The van der Waals surface area contributed by atoms with E-state index < -0.39 is 5.91 Å². The molecule has 0 bridgehead atoms. The van der Waals surface area contributed by atoms with Gasteiger partial charge in [-0.1, -0.05) is 34.1 Å². The topological polar surface area (TPSA) is 68.0 Å². The van der Waals surface area contributed by atoms with E-state index in [0.29, 0.717) is 5.56 Å². The smallest absolute Gasteiger partial charge is 0.248 e. The third-order valence-electron chi connectivity index (χ3n) is 3.33. The van der Waals surface area contributed by atoms with Crippen molar-refractivity contribution in [2.75, 3.05) is 5.32 Å². The Hall–Kier alpha value is -2.66. The average Bonchev–Trinajstić information content (AvgIpc) is 2.55. The molecule has 0 saturated heterocycles. The highest BCUT2D eigenvalue weighted by Gasteiger charge is 2.05. The molecule has 3 aromatic rings. The van der Waals surface area contributed by atoms with Crippen molar-refractivity contribution in [1.82, 2.24) is 4.98 Å². The monoisotopic (exact) mass is 367 g/mol. The number of primary amides is 1. The molecule has 4 nitrogen and oxygen atoms in total. The van der Waals surface area contributed by atoms with Crippen LogP contribution in [-0.2, 0) is 0 Å². The Morgan fingerprint density at radius 2 is 1.78 bits per heavy atom. The Bertz CT molecular complexity index is 864. The van der Waals surface area contributed by atoms with E-state index in [1.54, 1.807) is 24.5 Å². The minimum Gasteiger partial charge on any atom is -0.366 e. The maximum Gasteiger partial charge on any atom is 0.248 e. The summed E-state index contributed by atoms with van der Waals surface area (Å²) in [5.74, 6) is -0.441. The van der Waals surface area contributed by atoms with Crippen molar-refractivity contribution in [1.29, 1.82) is 0 Å². The first kappa shape index (κ1) is 15.2. The molecule has 5 heteroatoms. The summed E-state index contributed by atoms with van der Waals surface area (Å²) in [4.78, 5) is 15.6. The van der Waals surface area contributed by atoms with Gasteiger partial charge in [-0.25, -0.2) is 0 Å². The first-order valence-electron chi connectivity index (χ1n) is 7.00.